The third kappa shape index (κ3) is 8.13. The normalized spacial score (nSPS) is 20.4. The Morgan fingerprint density at radius 1 is 1.30 bits per heavy atom. The van der Waals surface area contributed by atoms with Gasteiger partial charge in [-0.15, -0.1) is 0 Å². The molecule has 1 aliphatic rings. The summed E-state index contributed by atoms with van der Waals surface area (Å²) in [5, 5.41) is 23.7. The number of aliphatic hydroxyl groups is 1. The van der Waals surface area contributed by atoms with Crippen molar-refractivity contribution in [2.24, 2.45) is 11.3 Å². The van der Waals surface area contributed by atoms with Gasteiger partial charge < -0.3 is 15.5 Å². The lowest BCUT2D eigenvalue weighted by atomic mass is 10.1. The lowest BCUT2D eigenvalue weighted by molar-refractivity contribution is -0.131. The van der Waals surface area contributed by atoms with Crippen LogP contribution in [-0.2, 0) is 9.59 Å². The Morgan fingerprint density at radius 2 is 2.00 bits per heavy atom. The Hall–Kier alpha value is -1.40. The summed E-state index contributed by atoms with van der Waals surface area (Å²) in [6.07, 6.45) is 7.61. The van der Waals surface area contributed by atoms with E-state index in [0.717, 1.165) is 38.2 Å². The zero-order valence-corrected chi connectivity index (χ0v) is 14.2. The number of allylic oxidation sites excluding steroid dienone is 1. The number of amides is 1. The van der Waals surface area contributed by atoms with Crippen molar-refractivity contribution in [1.82, 2.24) is 10.6 Å². The Bertz CT molecular complexity index is 421. The molecular weight excluding hydrogens is 296 g/mol. The molecule has 0 aromatic carbocycles. The van der Waals surface area contributed by atoms with E-state index in [1.807, 2.05) is 0 Å². The first kappa shape index (κ1) is 19.6. The van der Waals surface area contributed by atoms with Gasteiger partial charge in [0.2, 0.25) is 5.91 Å². The average molecular weight is 326 g/mol. The summed E-state index contributed by atoms with van der Waals surface area (Å²) in [7, 11) is 0. The van der Waals surface area contributed by atoms with Crippen LogP contribution < -0.4 is 10.6 Å². The zero-order chi connectivity index (χ0) is 17.3. The van der Waals surface area contributed by atoms with E-state index in [0.29, 0.717) is 13.0 Å². The van der Waals surface area contributed by atoms with Crippen LogP contribution >= 0.6 is 0 Å². The molecule has 1 aliphatic carbocycles. The molecule has 6 nitrogen and oxygen atoms in total. The number of rotatable bonds is 12. The van der Waals surface area contributed by atoms with E-state index in [9.17, 15) is 9.59 Å². The summed E-state index contributed by atoms with van der Waals surface area (Å²) in [5.41, 5.74) is 0.112. The molecule has 0 spiro atoms. The van der Waals surface area contributed by atoms with Gasteiger partial charge in [-0.2, -0.15) is 0 Å². The van der Waals surface area contributed by atoms with Crippen molar-refractivity contribution in [2.75, 3.05) is 13.2 Å². The standard InChI is InChI=1S/C17H30N2O4/c1-17(2)12-13(17)16(23)19-14(18-10-7-11-20)8-5-3-4-6-9-15(21)22/h6,9,13-14,18,20H,3-5,7-8,10-12H2,1-2H3,(H,19,23)(H,21,22). The van der Waals surface area contributed by atoms with E-state index >= 15 is 0 Å². The Labute approximate surface area is 138 Å². The van der Waals surface area contributed by atoms with Crippen LogP contribution in [0.4, 0.5) is 0 Å². The fourth-order valence-electron chi connectivity index (χ4n) is 2.56. The number of aliphatic hydroxyl groups excluding tert-OH is 1. The minimum absolute atomic E-state index is 0.0890. The third-order valence-electron chi connectivity index (χ3n) is 4.25. The van der Waals surface area contributed by atoms with Crippen LogP contribution in [0.5, 0.6) is 0 Å². The van der Waals surface area contributed by atoms with E-state index < -0.39 is 5.97 Å². The highest BCUT2D eigenvalue weighted by molar-refractivity contribution is 5.82. The maximum absolute atomic E-state index is 12.2. The number of carbonyl (C=O) groups is 2. The molecule has 0 aromatic rings. The predicted octanol–water partition coefficient (Wildman–Crippen LogP) is 1.65. The molecule has 1 saturated carbocycles. The summed E-state index contributed by atoms with van der Waals surface area (Å²) in [6, 6.07) is 0. The molecule has 0 heterocycles. The van der Waals surface area contributed by atoms with Gasteiger partial charge in [0, 0.05) is 18.6 Å². The van der Waals surface area contributed by atoms with Gasteiger partial charge in [-0.3, -0.25) is 10.1 Å². The SMILES string of the molecule is CC1(C)CC1C(=O)NC(CCCCC=CC(=O)O)NCCCO. The molecule has 0 aromatic heterocycles. The van der Waals surface area contributed by atoms with Crippen molar-refractivity contribution in [3.8, 4) is 0 Å². The van der Waals surface area contributed by atoms with Crippen molar-refractivity contribution in [3.05, 3.63) is 12.2 Å². The number of aliphatic carboxylic acids is 1. The maximum Gasteiger partial charge on any atom is 0.327 e. The van der Waals surface area contributed by atoms with Crippen LogP contribution in [0.2, 0.25) is 0 Å². The van der Waals surface area contributed by atoms with Crippen LogP contribution in [0, 0.1) is 11.3 Å². The summed E-state index contributed by atoms with van der Waals surface area (Å²) in [5.74, 6) is -0.724. The van der Waals surface area contributed by atoms with Gasteiger partial charge in [0.05, 0.1) is 6.17 Å². The molecule has 2 unspecified atom stereocenters. The Morgan fingerprint density at radius 3 is 2.57 bits per heavy atom. The molecule has 0 aliphatic heterocycles. The van der Waals surface area contributed by atoms with Gasteiger partial charge in [0.25, 0.3) is 0 Å². The summed E-state index contributed by atoms with van der Waals surface area (Å²) in [6.45, 7) is 4.98. The second kappa shape index (κ2) is 9.67. The van der Waals surface area contributed by atoms with Gasteiger partial charge in [-0.25, -0.2) is 4.79 Å². The fourth-order valence-corrected chi connectivity index (χ4v) is 2.56. The number of hydrogen-bond donors (Lipinski definition) is 4. The first-order valence-electron chi connectivity index (χ1n) is 8.41. The van der Waals surface area contributed by atoms with Crippen LogP contribution in [0.3, 0.4) is 0 Å². The smallest absolute Gasteiger partial charge is 0.327 e. The largest absolute Gasteiger partial charge is 0.478 e. The van der Waals surface area contributed by atoms with Crippen molar-refractivity contribution in [2.45, 2.75) is 58.5 Å². The van der Waals surface area contributed by atoms with Gasteiger partial charge >= 0.3 is 5.97 Å². The van der Waals surface area contributed by atoms with E-state index in [1.54, 1.807) is 6.08 Å². The molecule has 0 radical (unpaired) electrons. The second-order valence-corrected chi connectivity index (χ2v) is 6.86. The van der Waals surface area contributed by atoms with Crippen LogP contribution in [0.25, 0.3) is 0 Å². The predicted molar refractivity (Wildman–Crippen MR) is 88.8 cm³/mol. The third-order valence-corrected chi connectivity index (χ3v) is 4.25. The summed E-state index contributed by atoms with van der Waals surface area (Å²) in [4.78, 5) is 22.6. The molecular formula is C17H30N2O4. The van der Waals surface area contributed by atoms with E-state index in [2.05, 4.69) is 24.5 Å². The van der Waals surface area contributed by atoms with Crippen LogP contribution in [0.1, 0.15) is 52.4 Å². The highest BCUT2D eigenvalue weighted by Crippen LogP contribution is 2.51. The van der Waals surface area contributed by atoms with Crippen molar-refractivity contribution < 1.29 is 19.8 Å². The molecule has 0 bridgehead atoms. The first-order valence-corrected chi connectivity index (χ1v) is 8.41. The Kier molecular flexibility index (Phi) is 8.26. The summed E-state index contributed by atoms with van der Waals surface area (Å²) >= 11 is 0. The molecule has 6 heteroatoms. The molecule has 0 saturated heterocycles. The van der Waals surface area contributed by atoms with Crippen molar-refractivity contribution in [1.29, 1.82) is 0 Å². The van der Waals surface area contributed by atoms with Crippen molar-refractivity contribution in [3.63, 3.8) is 0 Å². The quantitative estimate of drug-likeness (QED) is 0.248. The number of carbonyl (C=O) groups excluding carboxylic acids is 1. The molecule has 1 amide bonds. The highest BCUT2D eigenvalue weighted by atomic mass is 16.4. The Balaban J connectivity index is 2.30. The van der Waals surface area contributed by atoms with Gasteiger partial charge in [0.1, 0.15) is 0 Å². The molecule has 2 atom stereocenters. The van der Waals surface area contributed by atoms with E-state index in [-0.39, 0.29) is 30.0 Å². The molecule has 132 valence electrons. The number of carboxylic acid groups (broad SMARTS) is 1. The van der Waals surface area contributed by atoms with Gasteiger partial charge in [0.15, 0.2) is 0 Å². The lowest BCUT2D eigenvalue weighted by Crippen LogP contribution is -2.46. The van der Waals surface area contributed by atoms with Crippen LogP contribution in [0.15, 0.2) is 12.2 Å². The number of unbranched alkanes of at least 4 members (excludes halogenated alkanes) is 2. The topological polar surface area (TPSA) is 98.7 Å². The number of carboxylic acids is 1. The molecule has 1 fully saturated rings. The first-order chi connectivity index (χ1) is 10.9. The maximum atomic E-state index is 12.2. The zero-order valence-electron chi connectivity index (χ0n) is 14.2. The minimum Gasteiger partial charge on any atom is -0.478 e. The summed E-state index contributed by atoms with van der Waals surface area (Å²) < 4.78 is 0. The molecule has 4 N–H and O–H groups in total. The van der Waals surface area contributed by atoms with Crippen LogP contribution in [-0.4, -0.2) is 41.4 Å². The van der Waals surface area contributed by atoms with E-state index in [4.69, 9.17) is 10.2 Å². The fraction of sp³-hybridized carbons (Fsp3) is 0.765. The lowest BCUT2D eigenvalue weighted by Gasteiger charge is -2.20. The number of nitrogens with one attached hydrogen (secondary N) is 2. The monoisotopic (exact) mass is 326 g/mol. The minimum atomic E-state index is -0.923. The average Bonchev–Trinajstić information content (AvgIpc) is 3.11. The van der Waals surface area contributed by atoms with E-state index in [1.165, 1.54) is 0 Å². The van der Waals surface area contributed by atoms with Gasteiger partial charge in [-0.05, 0) is 50.5 Å². The van der Waals surface area contributed by atoms with Gasteiger partial charge in [-0.1, -0.05) is 19.9 Å². The molecule has 23 heavy (non-hydrogen) atoms. The highest BCUT2D eigenvalue weighted by Gasteiger charge is 2.50. The second-order valence-electron chi connectivity index (χ2n) is 6.86. The molecule has 1 rings (SSSR count). The number of hydrogen-bond acceptors (Lipinski definition) is 4. The van der Waals surface area contributed by atoms with Crippen molar-refractivity contribution >= 4 is 11.9 Å².